The van der Waals surface area contributed by atoms with Gasteiger partial charge >= 0.3 is 0 Å². The lowest BCUT2D eigenvalue weighted by molar-refractivity contribution is -0.130. The van der Waals surface area contributed by atoms with Crippen LogP contribution in [-0.4, -0.2) is 11.6 Å². The maximum absolute atomic E-state index is 12.6. The molecule has 0 radical (unpaired) electrons. The van der Waals surface area contributed by atoms with E-state index in [2.05, 4.69) is 13.8 Å². The third-order valence-electron chi connectivity index (χ3n) is 4.32. The van der Waals surface area contributed by atoms with Crippen LogP contribution in [-0.2, 0) is 4.79 Å². The minimum Gasteiger partial charge on any atom is -0.299 e. The summed E-state index contributed by atoms with van der Waals surface area (Å²) < 4.78 is 0. The average molecular weight is 258 g/mol. The van der Waals surface area contributed by atoms with E-state index in [4.69, 9.17) is 0 Å². The number of carbonyl (C=O) groups is 2. The largest absolute Gasteiger partial charge is 0.299 e. The zero-order valence-corrected chi connectivity index (χ0v) is 11.9. The van der Waals surface area contributed by atoms with E-state index in [0.29, 0.717) is 11.5 Å². The minimum atomic E-state index is -0.441. The average Bonchev–Trinajstić information content (AvgIpc) is 2.39. The van der Waals surface area contributed by atoms with Crippen molar-refractivity contribution < 1.29 is 9.59 Å². The number of hydrogen-bond acceptors (Lipinski definition) is 2. The van der Waals surface area contributed by atoms with Crippen LogP contribution in [0.1, 0.15) is 44.0 Å². The highest BCUT2D eigenvalue weighted by Gasteiger charge is 2.41. The smallest absolute Gasteiger partial charge is 0.173 e. The van der Waals surface area contributed by atoms with Crippen LogP contribution in [0.3, 0.4) is 0 Å². The van der Waals surface area contributed by atoms with Crippen LogP contribution in [0, 0.1) is 23.7 Å². The number of ketones is 2. The van der Waals surface area contributed by atoms with Crippen molar-refractivity contribution in [3.63, 3.8) is 0 Å². The predicted molar refractivity (Wildman–Crippen MR) is 76.0 cm³/mol. The molecule has 19 heavy (non-hydrogen) atoms. The van der Waals surface area contributed by atoms with Crippen molar-refractivity contribution in [1.29, 1.82) is 0 Å². The second-order valence-corrected chi connectivity index (χ2v) is 6.02. The van der Waals surface area contributed by atoms with E-state index in [0.717, 1.165) is 12.8 Å². The normalized spacial score (nSPS) is 27.6. The predicted octanol–water partition coefficient (Wildman–Crippen LogP) is 3.76. The van der Waals surface area contributed by atoms with E-state index in [1.807, 2.05) is 25.1 Å². The summed E-state index contributed by atoms with van der Waals surface area (Å²) in [6.45, 7) is 6.17. The third kappa shape index (κ3) is 2.78. The molecule has 0 amide bonds. The molecule has 0 aliphatic heterocycles. The molecule has 2 heteroatoms. The van der Waals surface area contributed by atoms with Gasteiger partial charge < -0.3 is 0 Å². The fraction of sp³-hybridized carbons (Fsp3) is 0.529. The molecule has 2 rings (SSSR count). The molecule has 1 aromatic rings. The summed E-state index contributed by atoms with van der Waals surface area (Å²) in [5, 5.41) is 0. The molecule has 1 unspecified atom stereocenters. The fourth-order valence-electron chi connectivity index (χ4n) is 3.09. The number of benzene rings is 1. The summed E-state index contributed by atoms with van der Waals surface area (Å²) in [7, 11) is 0. The number of Topliss-reactive ketones (excluding diaryl/α,β-unsaturated/α-hetero) is 2. The van der Waals surface area contributed by atoms with E-state index in [1.54, 1.807) is 12.1 Å². The summed E-state index contributed by atoms with van der Waals surface area (Å²) in [6, 6.07) is 9.21. The van der Waals surface area contributed by atoms with E-state index < -0.39 is 5.92 Å². The van der Waals surface area contributed by atoms with Crippen LogP contribution in [0.15, 0.2) is 30.3 Å². The maximum atomic E-state index is 12.6. The Morgan fingerprint density at radius 2 is 1.79 bits per heavy atom. The first kappa shape index (κ1) is 14.0. The first-order valence-electron chi connectivity index (χ1n) is 7.15. The second-order valence-electron chi connectivity index (χ2n) is 6.02. The molecule has 1 saturated carbocycles. The fourth-order valence-corrected chi connectivity index (χ4v) is 3.09. The van der Waals surface area contributed by atoms with Gasteiger partial charge in [-0.25, -0.2) is 0 Å². The summed E-state index contributed by atoms with van der Waals surface area (Å²) in [4.78, 5) is 25.1. The Labute approximate surface area is 115 Å². The first-order valence-corrected chi connectivity index (χ1v) is 7.15. The molecule has 0 bridgehead atoms. The number of carbonyl (C=O) groups excluding carboxylic acids is 2. The number of rotatable bonds is 3. The Hall–Kier alpha value is -1.44. The van der Waals surface area contributed by atoms with Gasteiger partial charge in [-0.1, -0.05) is 51.1 Å². The Balaban J connectivity index is 2.26. The summed E-state index contributed by atoms with van der Waals surface area (Å²) >= 11 is 0. The lowest BCUT2D eigenvalue weighted by Crippen LogP contribution is -2.40. The molecule has 1 fully saturated rings. The molecule has 0 saturated heterocycles. The summed E-state index contributed by atoms with van der Waals surface area (Å²) in [5.74, 6) is 0.254. The molecule has 2 nitrogen and oxygen atoms in total. The zero-order valence-electron chi connectivity index (χ0n) is 11.9. The summed E-state index contributed by atoms with van der Waals surface area (Å²) in [5.41, 5.74) is 0.664. The van der Waals surface area contributed by atoms with Gasteiger partial charge in [0.25, 0.3) is 0 Å². The van der Waals surface area contributed by atoms with Crippen molar-refractivity contribution in [2.45, 2.75) is 33.6 Å². The Bertz CT molecular complexity index is 461. The molecule has 3 atom stereocenters. The highest BCUT2D eigenvalue weighted by molar-refractivity contribution is 6.11. The van der Waals surface area contributed by atoms with Crippen molar-refractivity contribution in [3.8, 4) is 0 Å². The highest BCUT2D eigenvalue weighted by atomic mass is 16.2. The van der Waals surface area contributed by atoms with Crippen LogP contribution < -0.4 is 0 Å². The lowest BCUT2D eigenvalue weighted by atomic mass is 9.68. The molecule has 0 N–H and O–H groups in total. The van der Waals surface area contributed by atoms with Gasteiger partial charge in [0.05, 0.1) is 5.92 Å². The van der Waals surface area contributed by atoms with Gasteiger partial charge in [0, 0.05) is 11.5 Å². The molecule has 0 heterocycles. The molecule has 1 aliphatic rings. The molecular formula is C17H22O2. The van der Waals surface area contributed by atoms with Crippen molar-refractivity contribution in [2.75, 3.05) is 0 Å². The van der Waals surface area contributed by atoms with Gasteiger partial charge in [0.15, 0.2) is 5.78 Å². The maximum Gasteiger partial charge on any atom is 0.173 e. The molecule has 0 aromatic heterocycles. The molecule has 1 aromatic carbocycles. The molecular weight excluding hydrogens is 236 g/mol. The van der Waals surface area contributed by atoms with Crippen LogP contribution in [0.4, 0.5) is 0 Å². The Kier molecular flexibility index (Phi) is 4.18. The van der Waals surface area contributed by atoms with Gasteiger partial charge in [-0.3, -0.25) is 9.59 Å². The van der Waals surface area contributed by atoms with E-state index >= 15 is 0 Å². The van der Waals surface area contributed by atoms with E-state index in [9.17, 15) is 9.59 Å². The highest BCUT2D eigenvalue weighted by Crippen LogP contribution is 2.36. The van der Waals surface area contributed by atoms with E-state index in [-0.39, 0.29) is 23.4 Å². The van der Waals surface area contributed by atoms with Gasteiger partial charge in [-0.15, -0.1) is 0 Å². The van der Waals surface area contributed by atoms with Crippen molar-refractivity contribution in [3.05, 3.63) is 35.9 Å². The number of hydrogen-bond donors (Lipinski definition) is 0. The van der Waals surface area contributed by atoms with Crippen molar-refractivity contribution >= 4 is 11.6 Å². The standard InChI is InChI=1S/C17H22O2/c1-11(2)14-10-9-12(3)15(17(14)19)16(18)13-7-5-4-6-8-13/h4-8,11-12,14-15H,9-10H2,1-3H3/t12-,14-,15?/m1/s1. The Morgan fingerprint density at radius 3 is 2.37 bits per heavy atom. The second kappa shape index (κ2) is 5.68. The van der Waals surface area contributed by atoms with Crippen molar-refractivity contribution in [1.82, 2.24) is 0 Å². The van der Waals surface area contributed by atoms with Crippen LogP contribution in [0.2, 0.25) is 0 Å². The first-order chi connectivity index (χ1) is 9.02. The third-order valence-corrected chi connectivity index (χ3v) is 4.32. The lowest BCUT2D eigenvalue weighted by Gasteiger charge is -2.34. The quantitative estimate of drug-likeness (QED) is 0.611. The monoisotopic (exact) mass is 258 g/mol. The topological polar surface area (TPSA) is 34.1 Å². The van der Waals surface area contributed by atoms with Crippen molar-refractivity contribution in [2.24, 2.45) is 23.7 Å². The molecule has 102 valence electrons. The van der Waals surface area contributed by atoms with Crippen LogP contribution in [0.25, 0.3) is 0 Å². The van der Waals surface area contributed by atoms with Gasteiger partial charge in [-0.2, -0.15) is 0 Å². The molecule has 0 spiro atoms. The van der Waals surface area contributed by atoms with Gasteiger partial charge in [0.1, 0.15) is 5.78 Å². The summed E-state index contributed by atoms with van der Waals surface area (Å²) in [6.07, 6.45) is 1.90. The van der Waals surface area contributed by atoms with Crippen LogP contribution >= 0.6 is 0 Å². The molecule has 1 aliphatic carbocycles. The van der Waals surface area contributed by atoms with E-state index in [1.165, 1.54) is 0 Å². The van der Waals surface area contributed by atoms with Gasteiger partial charge in [-0.05, 0) is 24.7 Å². The SMILES string of the molecule is CC(C)[C@H]1CC[C@@H](C)C(C(=O)c2ccccc2)C1=O. The Morgan fingerprint density at radius 1 is 1.16 bits per heavy atom. The minimum absolute atomic E-state index is 0.00319. The van der Waals surface area contributed by atoms with Crippen LogP contribution in [0.5, 0.6) is 0 Å². The van der Waals surface area contributed by atoms with Gasteiger partial charge in [0.2, 0.25) is 0 Å². The zero-order chi connectivity index (χ0) is 14.0.